The Morgan fingerprint density at radius 1 is 0.810 bits per heavy atom. The summed E-state index contributed by atoms with van der Waals surface area (Å²) in [5, 5.41) is 0. The molecule has 130 valence electrons. The molecule has 0 aromatic heterocycles. The third kappa shape index (κ3) is 11.1. The molecule has 5 heteroatoms. The lowest BCUT2D eigenvalue weighted by Gasteiger charge is -2.34. The van der Waals surface area contributed by atoms with Gasteiger partial charge in [0.25, 0.3) is 5.97 Å². The van der Waals surface area contributed by atoms with Crippen molar-refractivity contribution in [3.8, 4) is 0 Å². The van der Waals surface area contributed by atoms with Crippen LogP contribution in [0, 0.1) is 5.92 Å². The number of hydrogen-bond donors (Lipinski definition) is 2. The van der Waals surface area contributed by atoms with Gasteiger partial charge >= 0.3 is 0 Å². The average Bonchev–Trinajstić information content (AvgIpc) is 2.53. The molecule has 0 amide bonds. The van der Waals surface area contributed by atoms with Crippen LogP contribution in [0.5, 0.6) is 0 Å². The van der Waals surface area contributed by atoms with Crippen LogP contribution in [-0.2, 0) is 14.2 Å². The number of ether oxygens (including phenoxy) is 3. The van der Waals surface area contributed by atoms with Crippen LogP contribution in [-0.4, -0.2) is 40.4 Å². The van der Waals surface area contributed by atoms with Gasteiger partial charge in [-0.1, -0.05) is 52.4 Å². The summed E-state index contributed by atoms with van der Waals surface area (Å²) < 4.78 is 16.0. The summed E-state index contributed by atoms with van der Waals surface area (Å²) in [7, 11) is 4.89. The molecule has 0 aliphatic rings. The monoisotopic (exact) mass is 306 g/mol. The first-order chi connectivity index (χ1) is 10.1. The van der Waals surface area contributed by atoms with Crippen LogP contribution < -0.4 is 11.5 Å². The Hall–Kier alpha value is -0.200. The Kier molecular flexibility index (Phi) is 17.8. The van der Waals surface area contributed by atoms with Gasteiger partial charge in [-0.2, -0.15) is 0 Å². The molecule has 0 saturated carbocycles. The standard InChI is InChI=1S/C14H30O3.C2H8N2/c1-6-7-8-9-10-11-12-13(2)14(15-3,16-4)17-5;3-1-2-4/h13H,6-12H2,1-5H3;1-4H2. The lowest BCUT2D eigenvalue weighted by atomic mass is 9.99. The van der Waals surface area contributed by atoms with Gasteiger partial charge < -0.3 is 25.7 Å². The van der Waals surface area contributed by atoms with Crippen molar-refractivity contribution in [3.05, 3.63) is 0 Å². The molecular formula is C16H38N2O3. The molecule has 0 bridgehead atoms. The van der Waals surface area contributed by atoms with Crippen LogP contribution in [0.2, 0.25) is 0 Å². The predicted octanol–water partition coefficient (Wildman–Crippen LogP) is 2.87. The Labute approximate surface area is 131 Å². The van der Waals surface area contributed by atoms with E-state index in [2.05, 4.69) is 13.8 Å². The molecular weight excluding hydrogens is 268 g/mol. The zero-order valence-electron chi connectivity index (χ0n) is 14.8. The lowest BCUT2D eigenvalue weighted by molar-refractivity contribution is -0.377. The lowest BCUT2D eigenvalue weighted by Crippen LogP contribution is -2.42. The predicted molar refractivity (Wildman–Crippen MR) is 89.0 cm³/mol. The molecule has 5 nitrogen and oxygen atoms in total. The Morgan fingerprint density at radius 3 is 1.62 bits per heavy atom. The van der Waals surface area contributed by atoms with Gasteiger partial charge in [-0.15, -0.1) is 0 Å². The summed E-state index contributed by atoms with van der Waals surface area (Å²) in [6, 6.07) is 0. The molecule has 0 saturated heterocycles. The van der Waals surface area contributed by atoms with Crippen molar-refractivity contribution in [2.24, 2.45) is 17.4 Å². The third-order valence-electron chi connectivity index (χ3n) is 3.61. The molecule has 0 fully saturated rings. The highest BCUT2D eigenvalue weighted by Gasteiger charge is 2.36. The van der Waals surface area contributed by atoms with Crippen LogP contribution in [0.4, 0.5) is 0 Å². The van der Waals surface area contributed by atoms with E-state index in [1.54, 1.807) is 21.3 Å². The minimum Gasteiger partial charge on any atom is -0.331 e. The summed E-state index contributed by atoms with van der Waals surface area (Å²) >= 11 is 0. The van der Waals surface area contributed by atoms with Crippen LogP contribution >= 0.6 is 0 Å². The van der Waals surface area contributed by atoms with Crippen molar-refractivity contribution in [2.45, 2.75) is 64.8 Å². The third-order valence-corrected chi connectivity index (χ3v) is 3.61. The first kappa shape index (κ1) is 23.1. The van der Waals surface area contributed by atoms with Crippen LogP contribution in [0.3, 0.4) is 0 Å². The van der Waals surface area contributed by atoms with Gasteiger partial charge in [-0.25, -0.2) is 0 Å². The maximum Gasteiger partial charge on any atom is 0.284 e. The number of unbranched alkanes of at least 4 members (excludes halogenated alkanes) is 5. The molecule has 0 radical (unpaired) electrons. The molecule has 0 rings (SSSR count). The van der Waals surface area contributed by atoms with Crippen LogP contribution in [0.25, 0.3) is 0 Å². The fourth-order valence-electron chi connectivity index (χ4n) is 2.26. The molecule has 21 heavy (non-hydrogen) atoms. The average molecular weight is 306 g/mol. The van der Waals surface area contributed by atoms with Gasteiger partial charge in [0.1, 0.15) is 0 Å². The van der Waals surface area contributed by atoms with Gasteiger partial charge in [0, 0.05) is 40.3 Å². The van der Waals surface area contributed by atoms with E-state index in [1.807, 2.05) is 0 Å². The Bertz CT molecular complexity index is 190. The topological polar surface area (TPSA) is 79.7 Å². The van der Waals surface area contributed by atoms with E-state index in [9.17, 15) is 0 Å². The van der Waals surface area contributed by atoms with E-state index in [0.29, 0.717) is 13.1 Å². The Balaban J connectivity index is 0. The molecule has 1 unspecified atom stereocenters. The van der Waals surface area contributed by atoms with Gasteiger partial charge in [-0.05, 0) is 6.42 Å². The van der Waals surface area contributed by atoms with Crippen molar-refractivity contribution in [1.29, 1.82) is 0 Å². The first-order valence-electron chi connectivity index (χ1n) is 8.13. The first-order valence-corrected chi connectivity index (χ1v) is 8.13. The van der Waals surface area contributed by atoms with Crippen molar-refractivity contribution >= 4 is 0 Å². The molecule has 4 N–H and O–H groups in total. The van der Waals surface area contributed by atoms with E-state index in [4.69, 9.17) is 25.7 Å². The van der Waals surface area contributed by atoms with E-state index < -0.39 is 5.97 Å². The number of hydrogen-bond acceptors (Lipinski definition) is 5. The summed E-state index contributed by atoms with van der Waals surface area (Å²) in [4.78, 5) is 0. The highest BCUT2D eigenvalue weighted by atomic mass is 16.9. The van der Waals surface area contributed by atoms with Gasteiger partial charge in [0.15, 0.2) is 0 Å². The minimum absolute atomic E-state index is 0.244. The second-order valence-corrected chi connectivity index (χ2v) is 5.25. The number of nitrogens with two attached hydrogens (primary N) is 2. The molecule has 0 spiro atoms. The van der Waals surface area contributed by atoms with Crippen molar-refractivity contribution in [3.63, 3.8) is 0 Å². The van der Waals surface area contributed by atoms with E-state index in [-0.39, 0.29) is 5.92 Å². The zero-order chi connectivity index (χ0) is 16.6. The maximum atomic E-state index is 5.35. The minimum atomic E-state index is -0.872. The second kappa shape index (κ2) is 16.2. The van der Waals surface area contributed by atoms with Crippen molar-refractivity contribution in [2.75, 3.05) is 34.4 Å². The maximum absolute atomic E-state index is 5.35. The normalized spacial score (nSPS) is 12.7. The summed E-state index contributed by atoms with van der Waals surface area (Å²) in [5.74, 6) is -0.627. The van der Waals surface area contributed by atoms with Gasteiger partial charge in [0.05, 0.1) is 0 Å². The van der Waals surface area contributed by atoms with Gasteiger partial charge in [-0.3, -0.25) is 0 Å². The van der Waals surface area contributed by atoms with Crippen molar-refractivity contribution in [1.82, 2.24) is 0 Å². The molecule has 0 aromatic rings. The number of rotatable bonds is 12. The molecule has 0 aliphatic carbocycles. The second-order valence-electron chi connectivity index (χ2n) is 5.25. The van der Waals surface area contributed by atoms with Crippen LogP contribution in [0.1, 0.15) is 58.8 Å². The molecule has 0 aromatic carbocycles. The fourth-order valence-corrected chi connectivity index (χ4v) is 2.26. The van der Waals surface area contributed by atoms with Gasteiger partial charge in [0.2, 0.25) is 0 Å². The smallest absolute Gasteiger partial charge is 0.284 e. The van der Waals surface area contributed by atoms with E-state index in [1.165, 1.54) is 38.5 Å². The highest BCUT2D eigenvalue weighted by Crippen LogP contribution is 2.27. The largest absolute Gasteiger partial charge is 0.331 e. The van der Waals surface area contributed by atoms with E-state index >= 15 is 0 Å². The van der Waals surface area contributed by atoms with Crippen molar-refractivity contribution < 1.29 is 14.2 Å². The zero-order valence-corrected chi connectivity index (χ0v) is 14.8. The quantitative estimate of drug-likeness (QED) is 0.428. The van der Waals surface area contributed by atoms with E-state index in [0.717, 1.165) is 6.42 Å². The highest BCUT2D eigenvalue weighted by molar-refractivity contribution is 4.66. The summed E-state index contributed by atoms with van der Waals surface area (Å²) in [5.41, 5.74) is 9.81. The molecule has 1 atom stereocenters. The summed E-state index contributed by atoms with van der Waals surface area (Å²) in [6.07, 6.45) is 8.92. The molecule has 0 aliphatic heterocycles. The molecule has 0 heterocycles. The number of methoxy groups -OCH3 is 3. The summed E-state index contributed by atoms with van der Waals surface area (Å²) in [6.45, 7) is 5.55. The fraction of sp³-hybridized carbons (Fsp3) is 1.00. The van der Waals surface area contributed by atoms with Crippen LogP contribution in [0.15, 0.2) is 0 Å². The SMILES string of the molecule is CCCCCCCCC(C)C(OC)(OC)OC.NCCN. The Morgan fingerprint density at radius 2 is 1.24 bits per heavy atom.